The Bertz CT molecular complexity index is 522. The summed E-state index contributed by atoms with van der Waals surface area (Å²) in [6.07, 6.45) is 0.194. The van der Waals surface area contributed by atoms with E-state index in [1.807, 2.05) is 0 Å². The number of terminal acetylenes is 1. The van der Waals surface area contributed by atoms with Crippen LogP contribution in [0.3, 0.4) is 0 Å². The molecule has 0 heterocycles. The summed E-state index contributed by atoms with van der Waals surface area (Å²) in [5, 5.41) is 2.34. The van der Waals surface area contributed by atoms with Gasteiger partial charge in [-0.1, -0.05) is 12.0 Å². The fraction of sp³-hybridized carbons (Fsp3) is 0.308. The number of carbonyl (C=O) groups excluding carboxylic acids is 1. The molecule has 1 amide bonds. The molecule has 7 heteroatoms. The average Bonchev–Trinajstić information content (AvgIpc) is 2.37. The normalized spacial score (nSPS) is 10.9. The molecule has 20 heavy (non-hydrogen) atoms. The van der Waals surface area contributed by atoms with Crippen LogP contribution in [-0.2, 0) is 6.18 Å². The lowest BCUT2D eigenvalue weighted by molar-refractivity contribution is -0.140. The van der Waals surface area contributed by atoms with Crippen molar-refractivity contribution in [2.75, 3.05) is 18.1 Å². The molecule has 0 atom stereocenters. The minimum Gasteiger partial charge on any atom is -0.351 e. The SMILES string of the molecule is C#CCSCCNC(=O)c1cccc(C(F)(F)F)c1F. The van der Waals surface area contributed by atoms with Crippen LogP contribution in [0, 0.1) is 18.2 Å². The van der Waals surface area contributed by atoms with Crippen molar-refractivity contribution in [3.05, 3.63) is 35.1 Å². The molecule has 0 saturated heterocycles. The fourth-order valence-corrected chi connectivity index (χ4v) is 1.90. The van der Waals surface area contributed by atoms with E-state index in [9.17, 15) is 22.4 Å². The maximum absolute atomic E-state index is 13.6. The highest BCUT2D eigenvalue weighted by atomic mass is 32.2. The van der Waals surface area contributed by atoms with Crippen molar-refractivity contribution in [1.82, 2.24) is 5.32 Å². The zero-order valence-electron chi connectivity index (χ0n) is 10.3. The van der Waals surface area contributed by atoms with E-state index in [0.717, 1.165) is 12.1 Å². The Labute approximate surface area is 117 Å². The van der Waals surface area contributed by atoms with Crippen molar-refractivity contribution in [3.8, 4) is 12.3 Å². The Morgan fingerprint density at radius 2 is 2.10 bits per heavy atom. The molecule has 0 aliphatic rings. The second-order valence-corrected chi connectivity index (χ2v) is 4.78. The monoisotopic (exact) mass is 305 g/mol. The van der Waals surface area contributed by atoms with Crippen molar-refractivity contribution < 1.29 is 22.4 Å². The minimum absolute atomic E-state index is 0.195. The lowest BCUT2D eigenvalue weighted by atomic mass is 10.1. The van der Waals surface area contributed by atoms with Crippen molar-refractivity contribution in [1.29, 1.82) is 0 Å². The van der Waals surface area contributed by atoms with Crippen LogP contribution in [0.5, 0.6) is 0 Å². The molecule has 0 radical (unpaired) electrons. The van der Waals surface area contributed by atoms with Crippen LogP contribution in [0.15, 0.2) is 18.2 Å². The predicted molar refractivity (Wildman–Crippen MR) is 69.9 cm³/mol. The van der Waals surface area contributed by atoms with Gasteiger partial charge in [-0.3, -0.25) is 4.79 Å². The van der Waals surface area contributed by atoms with Gasteiger partial charge in [0, 0.05) is 12.3 Å². The van der Waals surface area contributed by atoms with Crippen LogP contribution in [0.1, 0.15) is 15.9 Å². The summed E-state index contributed by atoms with van der Waals surface area (Å²) in [5.74, 6) is 0.908. The number of hydrogen-bond acceptors (Lipinski definition) is 2. The van der Waals surface area contributed by atoms with Gasteiger partial charge in [0.1, 0.15) is 5.82 Å². The van der Waals surface area contributed by atoms with E-state index < -0.39 is 29.0 Å². The Hall–Kier alpha value is -1.68. The first-order valence-electron chi connectivity index (χ1n) is 5.53. The first-order chi connectivity index (χ1) is 9.38. The minimum atomic E-state index is -4.83. The molecular weight excluding hydrogens is 294 g/mol. The second kappa shape index (κ2) is 7.20. The zero-order chi connectivity index (χ0) is 15.2. The molecule has 1 aromatic rings. The zero-order valence-corrected chi connectivity index (χ0v) is 11.1. The predicted octanol–water partition coefficient (Wildman–Crippen LogP) is 2.94. The lowest BCUT2D eigenvalue weighted by Gasteiger charge is -2.11. The number of carbonyl (C=O) groups is 1. The molecule has 0 aliphatic heterocycles. The maximum atomic E-state index is 13.6. The first kappa shape index (κ1) is 16.4. The highest BCUT2D eigenvalue weighted by Gasteiger charge is 2.35. The summed E-state index contributed by atoms with van der Waals surface area (Å²) in [6, 6.07) is 2.59. The standard InChI is InChI=1S/C13H11F4NOS/c1-2-7-20-8-6-18-12(19)9-4-3-5-10(11(9)14)13(15,16)17/h1,3-5H,6-8H2,(H,18,19). The van der Waals surface area contributed by atoms with Crippen molar-refractivity contribution >= 4 is 17.7 Å². The third-order valence-corrected chi connectivity index (χ3v) is 3.13. The number of benzene rings is 1. The van der Waals surface area contributed by atoms with E-state index in [4.69, 9.17) is 6.42 Å². The van der Waals surface area contributed by atoms with Crippen LogP contribution in [-0.4, -0.2) is 24.0 Å². The molecule has 1 N–H and O–H groups in total. The summed E-state index contributed by atoms with van der Waals surface area (Å²) in [6.45, 7) is 0.195. The van der Waals surface area contributed by atoms with Gasteiger partial charge in [-0.25, -0.2) is 4.39 Å². The summed E-state index contributed by atoms with van der Waals surface area (Å²) in [7, 11) is 0. The van der Waals surface area contributed by atoms with E-state index in [2.05, 4.69) is 11.2 Å². The molecule has 0 spiro atoms. The Morgan fingerprint density at radius 3 is 2.70 bits per heavy atom. The number of rotatable bonds is 5. The Morgan fingerprint density at radius 1 is 1.40 bits per heavy atom. The summed E-state index contributed by atoms with van der Waals surface area (Å²) < 4.78 is 51.1. The molecule has 0 bridgehead atoms. The molecule has 0 unspecified atom stereocenters. The maximum Gasteiger partial charge on any atom is 0.419 e. The Kier molecular flexibility index (Phi) is 5.89. The van der Waals surface area contributed by atoms with E-state index in [-0.39, 0.29) is 6.54 Å². The molecule has 0 aliphatic carbocycles. The quantitative estimate of drug-likeness (QED) is 0.515. The van der Waals surface area contributed by atoms with E-state index >= 15 is 0 Å². The molecule has 0 saturated carbocycles. The van der Waals surface area contributed by atoms with Gasteiger partial charge in [0.2, 0.25) is 0 Å². The van der Waals surface area contributed by atoms with Gasteiger partial charge < -0.3 is 5.32 Å². The number of halogens is 4. The molecule has 1 aromatic carbocycles. The third-order valence-electron chi connectivity index (χ3n) is 2.27. The van der Waals surface area contributed by atoms with E-state index in [0.29, 0.717) is 17.6 Å². The molecule has 108 valence electrons. The first-order valence-corrected chi connectivity index (χ1v) is 6.68. The molecular formula is C13H11F4NOS. The van der Waals surface area contributed by atoms with Crippen LogP contribution < -0.4 is 5.32 Å². The van der Waals surface area contributed by atoms with Crippen LogP contribution in [0.4, 0.5) is 17.6 Å². The summed E-state index contributed by atoms with van der Waals surface area (Å²) in [4.78, 5) is 11.6. The molecule has 1 rings (SSSR count). The van der Waals surface area contributed by atoms with Crippen LogP contribution in [0.2, 0.25) is 0 Å². The topological polar surface area (TPSA) is 29.1 Å². The van der Waals surface area contributed by atoms with Crippen LogP contribution >= 0.6 is 11.8 Å². The second-order valence-electron chi connectivity index (χ2n) is 3.68. The van der Waals surface area contributed by atoms with Crippen molar-refractivity contribution in [2.24, 2.45) is 0 Å². The number of alkyl halides is 3. The average molecular weight is 305 g/mol. The van der Waals surface area contributed by atoms with Gasteiger partial charge in [-0.05, 0) is 12.1 Å². The smallest absolute Gasteiger partial charge is 0.351 e. The highest BCUT2D eigenvalue weighted by Crippen LogP contribution is 2.32. The van der Waals surface area contributed by atoms with Gasteiger partial charge in [0.05, 0.1) is 16.9 Å². The number of amides is 1. The third kappa shape index (κ3) is 4.46. The number of nitrogens with one attached hydrogen (secondary N) is 1. The van der Waals surface area contributed by atoms with Crippen molar-refractivity contribution in [2.45, 2.75) is 6.18 Å². The van der Waals surface area contributed by atoms with Gasteiger partial charge >= 0.3 is 6.18 Å². The molecule has 0 aromatic heterocycles. The fourth-order valence-electron chi connectivity index (χ4n) is 1.39. The largest absolute Gasteiger partial charge is 0.419 e. The van der Waals surface area contributed by atoms with Gasteiger partial charge in [0.25, 0.3) is 5.91 Å². The molecule has 0 fully saturated rings. The van der Waals surface area contributed by atoms with Gasteiger partial charge in [-0.2, -0.15) is 13.2 Å². The highest BCUT2D eigenvalue weighted by molar-refractivity contribution is 7.99. The van der Waals surface area contributed by atoms with Gasteiger partial charge in [-0.15, -0.1) is 18.2 Å². The lowest BCUT2D eigenvalue weighted by Crippen LogP contribution is -2.27. The summed E-state index contributed by atoms with van der Waals surface area (Å²) in [5.41, 5.74) is -2.08. The van der Waals surface area contributed by atoms with Crippen molar-refractivity contribution in [3.63, 3.8) is 0 Å². The van der Waals surface area contributed by atoms with E-state index in [1.54, 1.807) is 0 Å². The molecule has 2 nitrogen and oxygen atoms in total. The van der Waals surface area contributed by atoms with E-state index in [1.165, 1.54) is 11.8 Å². The number of thioether (sulfide) groups is 1. The van der Waals surface area contributed by atoms with Gasteiger partial charge in [0.15, 0.2) is 0 Å². The Balaban J connectivity index is 2.72. The summed E-state index contributed by atoms with van der Waals surface area (Å²) >= 11 is 1.38. The van der Waals surface area contributed by atoms with Crippen LogP contribution in [0.25, 0.3) is 0 Å². The number of hydrogen-bond donors (Lipinski definition) is 1.